The van der Waals surface area contributed by atoms with E-state index < -0.39 is 5.41 Å². The first-order valence-corrected chi connectivity index (χ1v) is 7.54. The molecule has 0 radical (unpaired) electrons. The minimum atomic E-state index is -0.419. The van der Waals surface area contributed by atoms with Gasteiger partial charge in [0.1, 0.15) is 11.6 Å². The van der Waals surface area contributed by atoms with Crippen molar-refractivity contribution in [2.24, 2.45) is 11.1 Å². The van der Waals surface area contributed by atoms with Crippen molar-refractivity contribution < 1.29 is 9.18 Å². The van der Waals surface area contributed by atoms with Crippen molar-refractivity contribution in [3.8, 4) is 0 Å². The number of rotatable bonds is 4. The highest BCUT2D eigenvalue weighted by Gasteiger charge is 2.37. The van der Waals surface area contributed by atoms with Gasteiger partial charge in [-0.25, -0.2) is 4.39 Å². The maximum atomic E-state index is 13.8. The molecule has 0 atom stereocenters. The molecular formula is C15H19BrFNO. The summed E-state index contributed by atoms with van der Waals surface area (Å²) < 4.78 is 14.5. The molecule has 1 aromatic rings. The van der Waals surface area contributed by atoms with Crippen LogP contribution in [-0.2, 0) is 11.2 Å². The number of carbonyl (C=O) groups excluding carboxylic acids is 1. The van der Waals surface area contributed by atoms with Crippen LogP contribution in [0.2, 0.25) is 0 Å². The second kappa shape index (κ2) is 6.14. The number of hydrogen-bond acceptors (Lipinski definition) is 2. The molecule has 1 fully saturated rings. The molecule has 1 aliphatic carbocycles. The van der Waals surface area contributed by atoms with Gasteiger partial charge in [-0.2, -0.15) is 0 Å². The average molecular weight is 328 g/mol. The van der Waals surface area contributed by atoms with E-state index in [4.69, 9.17) is 5.73 Å². The van der Waals surface area contributed by atoms with Crippen molar-refractivity contribution in [3.63, 3.8) is 0 Å². The molecule has 2 nitrogen and oxygen atoms in total. The normalized spacial score (nSPS) is 18.3. The van der Waals surface area contributed by atoms with E-state index in [1.807, 2.05) is 0 Å². The first kappa shape index (κ1) is 14.7. The van der Waals surface area contributed by atoms with Crippen LogP contribution in [0.1, 0.15) is 37.7 Å². The van der Waals surface area contributed by atoms with E-state index in [0.29, 0.717) is 16.6 Å². The molecule has 1 aliphatic rings. The smallest absolute Gasteiger partial charge is 0.144 e. The third-order valence-corrected chi connectivity index (χ3v) is 4.65. The molecule has 0 heterocycles. The highest BCUT2D eigenvalue weighted by molar-refractivity contribution is 9.10. The fourth-order valence-electron chi connectivity index (χ4n) is 2.85. The van der Waals surface area contributed by atoms with Crippen molar-refractivity contribution in [3.05, 3.63) is 34.1 Å². The van der Waals surface area contributed by atoms with Crippen molar-refractivity contribution in [2.45, 2.75) is 38.5 Å². The summed E-state index contributed by atoms with van der Waals surface area (Å²) in [7, 11) is 0. The van der Waals surface area contributed by atoms with E-state index in [-0.39, 0.29) is 18.0 Å². The quantitative estimate of drug-likeness (QED) is 0.917. The Kier molecular flexibility index (Phi) is 4.74. The van der Waals surface area contributed by atoms with Gasteiger partial charge in [-0.3, -0.25) is 4.79 Å². The Morgan fingerprint density at radius 2 is 2.00 bits per heavy atom. The predicted octanol–water partition coefficient (Wildman–Crippen LogP) is 3.61. The van der Waals surface area contributed by atoms with Crippen molar-refractivity contribution >= 4 is 21.7 Å². The zero-order valence-corrected chi connectivity index (χ0v) is 12.5. The van der Waals surface area contributed by atoms with Crippen LogP contribution in [-0.4, -0.2) is 12.3 Å². The summed E-state index contributed by atoms with van der Waals surface area (Å²) in [5.74, 6) is -0.235. The lowest BCUT2D eigenvalue weighted by Gasteiger charge is -2.34. The zero-order valence-electron chi connectivity index (χ0n) is 10.9. The van der Waals surface area contributed by atoms with Crippen LogP contribution < -0.4 is 5.73 Å². The van der Waals surface area contributed by atoms with Gasteiger partial charge in [-0.05, 0) is 30.5 Å². The van der Waals surface area contributed by atoms with Crippen LogP contribution in [0.5, 0.6) is 0 Å². The van der Waals surface area contributed by atoms with E-state index in [1.165, 1.54) is 12.5 Å². The van der Waals surface area contributed by atoms with Crippen molar-refractivity contribution in [2.75, 3.05) is 6.54 Å². The van der Waals surface area contributed by atoms with Gasteiger partial charge in [0.05, 0.1) is 0 Å². The number of carbonyl (C=O) groups is 1. The topological polar surface area (TPSA) is 43.1 Å². The average Bonchev–Trinajstić information content (AvgIpc) is 2.42. The Morgan fingerprint density at radius 1 is 1.32 bits per heavy atom. The molecule has 1 aromatic carbocycles. The lowest BCUT2D eigenvalue weighted by Crippen LogP contribution is -2.41. The summed E-state index contributed by atoms with van der Waals surface area (Å²) in [5.41, 5.74) is 5.88. The number of nitrogens with two attached hydrogens (primary N) is 1. The van der Waals surface area contributed by atoms with Crippen LogP contribution in [0.15, 0.2) is 22.7 Å². The summed E-state index contributed by atoms with van der Waals surface area (Å²) in [6, 6.07) is 4.84. The van der Waals surface area contributed by atoms with Crippen LogP contribution in [0.3, 0.4) is 0 Å². The Bertz CT molecular complexity index is 469. The molecule has 0 aromatic heterocycles. The Morgan fingerprint density at radius 3 is 2.58 bits per heavy atom. The summed E-state index contributed by atoms with van der Waals surface area (Å²) >= 11 is 3.22. The predicted molar refractivity (Wildman–Crippen MR) is 77.4 cm³/mol. The number of Topliss-reactive ketones (excluding diaryl/α,β-unsaturated/α-hetero) is 1. The second-order valence-electron chi connectivity index (χ2n) is 5.38. The van der Waals surface area contributed by atoms with E-state index in [0.717, 1.165) is 25.7 Å². The number of benzene rings is 1. The summed E-state index contributed by atoms with van der Waals surface area (Å²) in [6.07, 6.45) is 5.11. The molecule has 0 bridgehead atoms. The summed E-state index contributed by atoms with van der Waals surface area (Å²) in [6.45, 7) is 0.379. The minimum absolute atomic E-state index is 0.0934. The first-order chi connectivity index (χ1) is 9.07. The van der Waals surface area contributed by atoms with Crippen molar-refractivity contribution in [1.82, 2.24) is 0 Å². The standard InChI is InChI=1S/C15H19BrFNO/c16-12-5-4-11(13(17)9-12)8-14(19)15(10-18)6-2-1-3-7-15/h4-5,9H,1-3,6-8,10,18H2. The van der Waals surface area contributed by atoms with Crippen LogP contribution in [0, 0.1) is 11.2 Å². The monoisotopic (exact) mass is 327 g/mol. The molecule has 0 unspecified atom stereocenters. The molecule has 0 amide bonds. The molecule has 0 spiro atoms. The number of hydrogen-bond donors (Lipinski definition) is 1. The van der Waals surface area contributed by atoms with Crippen LogP contribution in [0.4, 0.5) is 4.39 Å². The lowest BCUT2D eigenvalue weighted by atomic mass is 9.70. The van der Waals surface area contributed by atoms with E-state index in [2.05, 4.69) is 15.9 Å². The number of halogens is 2. The molecule has 19 heavy (non-hydrogen) atoms. The highest BCUT2D eigenvalue weighted by Crippen LogP contribution is 2.37. The fraction of sp³-hybridized carbons (Fsp3) is 0.533. The van der Waals surface area contributed by atoms with Gasteiger partial charge in [0.2, 0.25) is 0 Å². The van der Waals surface area contributed by atoms with Crippen LogP contribution in [0.25, 0.3) is 0 Å². The minimum Gasteiger partial charge on any atom is -0.329 e. The van der Waals surface area contributed by atoms with Gasteiger partial charge < -0.3 is 5.73 Å². The SMILES string of the molecule is NCC1(C(=O)Cc2ccc(Br)cc2F)CCCCC1. The highest BCUT2D eigenvalue weighted by atomic mass is 79.9. The third-order valence-electron chi connectivity index (χ3n) is 4.16. The van der Waals surface area contributed by atoms with Gasteiger partial charge in [0.15, 0.2) is 0 Å². The van der Waals surface area contributed by atoms with Gasteiger partial charge in [0, 0.05) is 22.9 Å². The van der Waals surface area contributed by atoms with Gasteiger partial charge in [-0.15, -0.1) is 0 Å². The Balaban J connectivity index is 2.15. The second-order valence-corrected chi connectivity index (χ2v) is 6.30. The lowest BCUT2D eigenvalue weighted by molar-refractivity contribution is -0.129. The fourth-order valence-corrected chi connectivity index (χ4v) is 3.18. The summed E-state index contributed by atoms with van der Waals surface area (Å²) in [5, 5.41) is 0. The van der Waals surface area contributed by atoms with Gasteiger partial charge in [0.25, 0.3) is 0 Å². The van der Waals surface area contributed by atoms with E-state index in [1.54, 1.807) is 12.1 Å². The number of ketones is 1. The van der Waals surface area contributed by atoms with Crippen molar-refractivity contribution in [1.29, 1.82) is 0 Å². The summed E-state index contributed by atoms with van der Waals surface area (Å²) in [4.78, 5) is 12.5. The van der Waals surface area contributed by atoms with Gasteiger partial charge in [-0.1, -0.05) is 41.3 Å². The molecule has 4 heteroatoms. The first-order valence-electron chi connectivity index (χ1n) is 6.75. The maximum Gasteiger partial charge on any atom is 0.144 e. The molecule has 2 N–H and O–H groups in total. The largest absolute Gasteiger partial charge is 0.329 e. The molecule has 0 saturated heterocycles. The Labute approximate surface area is 121 Å². The third kappa shape index (κ3) is 3.23. The molecule has 2 rings (SSSR count). The molecule has 0 aliphatic heterocycles. The maximum absolute atomic E-state index is 13.8. The van der Waals surface area contributed by atoms with Gasteiger partial charge >= 0.3 is 0 Å². The van der Waals surface area contributed by atoms with E-state index >= 15 is 0 Å². The molecule has 1 saturated carbocycles. The van der Waals surface area contributed by atoms with E-state index in [9.17, 15) is 9.18 Å². The molecule has 104 valence electrons. The molecular weight excluding hydrogens is 309 g/mol. The zero-order chi connectivity index (χ0) is 13.9. The van der Waals surface area contributed by atoms with Crippen LogP contribution >= 0.6 is 15.9 Å². The Hall–Kier alpha value is -0.740.